The van der Waals surface area contributed by atoms with Gasteiger partial charge in [-0.25, -0.2) is 18.6 Å². The van der Waals surface area contributed by atoms with Crippen LogP contribution in [-0.4, -0.2) is 52.0 Å². The third-order valence-electron chi connectivity index (χ3n) is 4.48. The number of rotatable bonds is 11. The molecule has 0 atom stereocenters. The molecule has 3 aromatic rings. The topological polar surface area (TPSA) is 127 Å². The van der Waals surface area contributed by atoms with Gasteiger partial charge in [-0.05, 0) is 48.4 Å². The molecule has 0 saturated heterocycles. The van der Waals surface area contributed by atoms with Crippen molar-refractivity contribution in [1.82, 2.24) is 24.8 Å². The van der Waals surface area contributed by atoms with Crippen molar-refractivity contribution in [3.8, 4) is 11.4 Å². The van der Waals surface area contributed by atoms with E-state index in [1.807, 2.05) is 0 Å². The van der Waals surface area contributed by atoms with E-state index in [1.54, 1.807) is 59.5 Å². The molecule has 1 heterocycles. The highest BCUT2D eigenvalue weighted by Gasteiger charge is 2.27. The van der Waals surface area contributed by atoms with Crippen LogP contribution >= 0.6 is 0 Å². The average molecular weight is 458 g/mol. The molecule has 10 nitrogen and oxygen atoms in total. The van der Waals surface area contributed by atoms with Crippen LogP contribution in [0.3, 0.4) is 0 Å². The lowest BCUT2D eigenvalue weighted by Crippen LogP contribution is -2.39. The molecule has 2 aromatic carbocycles. The quantitative estimate of drug-likeness (QED) is 0.195. The summed E-state index contributed by atoms with van der Waals surface area (Å²) in [5.74, 6) is -0.327. The van der Waals surface area contributed by atoms with Crippen molar-refractivity contribution in [2.45, 2.75) is 17.9 Å². The fourth-order valence-electron chi connectivity index (χ4n) is 2.84. The lowest BCUT2D eigenvalue weighted by atomic mass is 10.2. The van der Waals surface area contributed by atoms with E-state index in [4.69, 9.17) is 9.94 Å². The van der Waals surface area contributed by atoms with Gasteiger partial charge < -0.3 is 4.74 Å². The van der Waals surface area contributed by atoms with Gasteiger partial charge in [0, 0.05) is 6.54 Å². The maximum absolute atomic E-state index is 13.2. The zero-order chi connectivity index (χ0) is 23.0. The van der Waals surface area contributed by atoms with Gasteiger partial charge in [0.2, 0.25) is 10.0 Å². The van der Waals surface area contributed by atoms with Gasteiger partial charge in [-0.15, -0.1) is 11.7 Å². The Morgan fingerprint density at radius 3 is 2.50 bits per heavy atom. The summed E-state index contributed by atoms with van der Waals surface area (Å²) in [7, 11) is -4.04. The van der Waals surface area contributed by atoms with Crippen LogP contribution in [0.25, 0.3) is 5.69 Å². The van der Waals surface area contributed by atoms with Gasteiger partial charge in [0.05, 0.1) is 36.1 Å². The Morgan fingerprint density at radius 1 is 1.19 bits per heavy atom. The first kappa shape index (κ1) is 23.1. The van der Waals surface area contributed by atoms with Crippen molar-refractivity contribution in [2.24, 2.45) is 0 Å². The van der Waals surface area contributed by atoms with Gasteiger partial charge in [0.25, 0.3) is 5.91 Å². The molecule has 168 valence electrons. The van der Waals surface area contributed by atoms with E-state index in [0.717, 1.165) is 9.99 Å². The number of carbonyl (C=O) groups excluding carboxylic acids is 1. The predicted molar refractivity (Wildman–Crippen MR) is 116 cm³/mol. The molecule has 0 saturated carbocycles. The first-order valence-electron chi connectivity index (χ1n) is 9.66. The van der Waals surface area contributed by atoms with E-state index in [0.29, 0.717) is 24.3 Å². The first-order valence-corrected chi connectivity index (χ1v) is 11.1. The fraction of sp³-hybridized carbons (Fsp3) is 0.190. The standard InChI is InChI=1S/C21H23N5O5S/c1-2-3-14-31-19-8-10-20(11-9-19)32(29,30)25(16-21(27)23-28)15-17-4-6-18(7-5-17)26-13-12-22-24-26/h2,4-13,28H,1,3,14-16H2,(H,23,27). The highest BCUT2D eigenvalue weighted by atomic mass is 32.2. The van der Waals surface area contributed by atoms with Crippen LogP contribution in [0.5, 0.6) is 5.75 Å². The average Bonchev–Trinajstić information content (AvgIpc) is 3.34. The molecule has 0 aliphatic heterocycles. The number of ether oxygens (including phenoxy) is 1. The summed E-state index contributed by atoms with van der Waals surface area (Å²) in [6.45, 7) is 3.42. The molecule has 3 rings (SSSR count). The molecule has 0 aliphatic carbocycles. The fourth-order valence-corrected chi connectivity index (χ4v) is 4.23. The Kier molecular flexibility index (Phi) is 7.71. The van der Waals surface area contributed by atoms with Gasteiger partial charge in [0.1, 0.15) is 5.75 Å². The summed E-state index contributed by atoms with van der Waals surface area (Å²) in [4.78, 5) is 11.8. The second-order valence-corrected chi connectivity index (χ2v) is 8.66. The Balaban J connectivity index is 1.80. The van der Waals surface area contributed by atoms with Crippen LogP contribution in [0, 0.1) is 0 Å². The van der Waals surface area contributed by atoms with E-state index < -0.39 is 22.5 Å². The molecular formula is C21H23N5O5S. The highest BCUT2D eigenvalue weighted by molar-refractivity contribution is 7.89. The van der Waals surface area contributed by atoms with E-state index in [2.05, 4.69) is 16.9 Å². The van der Waals surface area contributed by atoms with Crippen molar-refractivity contribution < 1.29 is 23.2 Å². The van der Waals surface area contributed by atoms with Crippen LogP contribution in [0.1, 0.15) is 12.0 Å². The molecule has 0 bridgehead atoms. The molecule has 11 heteroatoms. The van der Waals surface area contributed by atoms with Crippen LogP contribution in [0.2, 0.25) is 0 Å². The number of hydroxylamine groups is 1. The molecule has 0 radical (unpaired) electrons. The summed E-state index contributed by atoms with van der Waals surface area (Å²) in [6.07, 6.45) is 5.62. The molecule has 2 N–H and O–H groups in total. The second kappa shape index (κ2) is 10.7. The Bertz CT molecular complexity index is 1130. The number of hydrogen-bond acceptors (Lipinski definition) is 7. The van der Waals surface area contributed by atoms with Crippen LogP contribution in [-0.2, 0) is 21.4 Å². The van der Waals surface area contributed by atoms with Gasteiger partial charge in [-0.1, -0.05) is 23.4 Å². The minimum absolute atomic E-state index is 0.00135. The molecule has 1 amide bonds. The minimum atomic E-state index is -4.04. The third kappa shape index (κ3) is 5.78. The number of carbonyl (C=O) groups is 1. The van der Waals surface area contributed by atoms with Gasteiger partial charge >= 0.3 is 0 Å². The number of nitrogens with one attached hydrogen (secondary N) is 1. The Hall–Kier alpha value is -3.54. The summed E-state index contributed by atoms with van der Waals surface area (Å²) in [5.41, 5.74) is 2.88. The van der Waals surface area contributed by atoms with E-state index in [9.17, 15) is 13.2 Å². The van der Waals surface area contributed by atoms with E-state index in [1.165, 1.54) is 17.6 Å². The lowest BCUT2D eigenvalue weighted by molar-refractivity contribution is -0.129. The van der Waals surface area contributed by atoms with Crippen LogP contribution < -0.4 is 10.2 Å². The summed E-state index contributed by atoms with van der Waals surface area (Å²) in [6, 6.07) is 12.9. The van der Waals surface area contributed by atoms with Crippen molar-refractivity contribution >= 4 is 15.9 Å². The molecule has 0 fully saturated rings. The highest BCUT2D eigenvalue weighted by Crippen LogP contribution is 2.22. The molecule has 32 heavy (non-hydrogen) atoms. The molecular weight excluding hydrogens is 434 g/mol. The number of amides is 1. The third-order valence-corrected chi connectivity index (χ3v) is 6.29. The summed E-state index contributed by atoms with van der Waals surface area (Å²) >= 11 is 0. The summed E-state index contributed by atoms with van der Waals surface area (Å²) in [5, 5.41) is 16.6. The van der Waals surface area contributed by atoms with Gasteiger partial charge in [-0.2, -0.15) is 4.31 Å². The largest absolute Gasteiger partial charge is 0.493 e. The Morgan fingerprint density at radius 2 is 1.91 bits per heavy atom. The van der Waals surface area contributed by atoms with Crippen molar-refractivity contribution in [3.05, 3.63) is 79.1 Å². The van der Waals surface area contributed by atoms with Crippen LogP contribution in [0.15, 0.2) is 78.5 Å². The van der Waals surface area contributed by atoms with Gasteiger partial charge in [-0.3, -0.25) is 10.0 Å². The molecule has 0 aliphatic rings. The monoisotopic (exact) mass is 457 g/mol. The molecule has 1 aromatic heterocycles. The van der Waals surface area contributed by atoms with E-state index >= 15 is 0 Å². The zero-order valence-corrected chi connectivity index (χ0v) is 18.0. The molecule has 0 spiro atoms. The van der Waals surface area contributed by atoms with E-state index in [-0.39, 0.29) is 11.4 Å². The maximum Gasteiger partial charge on any atom is 0.258 e. The lowest BCUT2D eigenvalue weighted by Gasteiger charge is -2.21. The minimum Gasteiger partial charge on any atom is -0.493 e. The molecule has 0 unspecified atom stereocenters. The number of sulfonamides is 1. The number of nitrogens with zero attached hydrogens (tertiary/aromatic N) is 4. The second-order valence-electron chi connectivity index (χ2n) is 6.72. The smallest absolute Gasteiger partial charge is 0.258 e. The van der Waals surface area contributed by atoms with Crippen molar-refractivity contribution in [3.63, 3.8) is 0 Å². The van der Waals surface area contributed by atoms with Crippen LogP contribution in [0.4, 0.5) is 0 Å². The maximum atomic E-state index is 13.2. The SMILES string of the molecule is C=CCCOc1ccc(S(=O)(=O)N(CC(=O)NO)Cc2ccc(-n3ccnn3)cc2)cc1. The number of benzene rings is 2. The van der Waals surface area contributed by atoms with Crippen molar-refractivity contribution in [2.75, 3.05) is 13.2 Å². The van der Waals surface area contributed by atoms with Gasteiger partial charge in [0.15, 0.2) is 0 Å². The number of aromatic nitrogens is 3. The first-order chi connectivity index (χ1) is 15.4. The number of hydrogen-bond donors (Lipinski definition) is 2. The summed E-state index contributed by atoms with van der Waals surface area (Å²) < 4.78 is 34.5. The van der Waals surface area contributed by atoms with Crippen molar-refractivity contribution in [1.29, 1.82) is 0 Å². The Labute approximate surface area is 185 Å². The zero-order valence-electron chi connectivity index (χ0n) is 17.2. The normalized spacial score (nSPS) is 11.3. The predicted octanol–water partition coefficient (Wildman–Crippen LogP) is 1.92.